The quantitative estimate of drug-likeness (QED) is 0.599. The van der Waals surface area contributed by atoms with Crippen LogP contribution in [0.4, 0.5) is 24.7 Å². The summed E-state index contributed by atoms with van der Waals surface area (Å²) in [6, 6.07) is 3.23. The Balaban J connectivity index is 1.76. The van der Waals surface area contributed by atoms with Gasteiger partial charge in [0.15, 0.2) is 5.82 Å². The second-order valence-corrected chi connectivity index (χ2v) is 8.52. The molecule has 1 aromatic heterocycles. The minimum absolute atomic E-state index is 0.164. The summed E-state index contributed by atoms with van der Waals surface area (Å²) < 4.78 is 64.1. The van der Waals surface area contributed by atoms with Crippen molar-refractivity contribution in [3.05, 3.63) is 34.9 Å². The number of fused-ring (bicyclic) bond motifs is 1. The maximum atomic E-state index is 13.2. The first-order valence-electron chi connectivity index (χ1n) is 10.3. The first-order chi connectivity index (χ1) is 14.8. The van der Waals surface area contributed by atoms with Gasteiger partial charge in [0.25, 0.3) is 0 Å². The van der Waals surface area contributed by atoms with Crippen molar-refractivity contribution >= 4 is 22.8 Å². The molecule has 1 fully saturated rings. The third kappa shape index (κ3) is 4.99. The Bertz CT molecular complexity index is 980. The Morgan fingerprint density at radius 2 is 1.90 bits per heavy atom. The fraction of sp³-hybridized carbons (Fsp3) is 0.500. The zero-order valence-corrected chi connectivity index (χ0v) is 17.5. The fourth-order valence-corrected chi connectivity index (χ4v) is 4.60. The van der Waals surface area contributed by atoms with Crippen LogP contribution >= 0.6 is 0 Å². The minimum atomic E-state index is -4.59. The summed E-state index contributed by atoms with van der Waals surface area (Å²) in [6.07, 6.45) is 0.902. The molecule has 2 atom stereocenters. The molecule has 3 N–H and O–H groups in total. The standard InChI is InChI=1S/C20H24F3N5O2S/c21-20(22,23)12-7-8-16(17(10-12)28-31(29)30)18-14-5-1-2-6-15(14)19(27-26-18)25-13-4-3-9-24-11-13/h7-8,10,13,24,28H,1-6,9,11H2,(H,25,27)(H,29,30)/p-1. The van der Waals surface area contributed by atoms with E-state index in [1.54, 1.807) is 0 Å². The molecular weight excluding hydrogens is 431 g/mol. The number of hydrogen-bond acceptors (Lipinski definition) is 6. The molecule has 1 aliphatic heterocycles. The lowest BCUT2D eigenvalue weighted by atomic mass is 9.88. The number of rotatable bonds is 5. The SMILES string of the molecule is O=S([O-])Nc1cc(C(F)(F)F)ccc1-c1nnc(NC2CCCNC2)c2c1CCCC2. The number of alkyl halides is 3. The van der Waals surface area contributed by atoms with Crippen molar-refractivity contribution in [1.82, 2.24) is 15.5 Å². The lowest BCUT2D eigenvalue weighted by molar-refractivity contribution is -0.137. The molecule has 7 nitrogen and oxygen atoms in total. The first kappa shape index (κ1) is 22.0. The highest BCUT2D eigenvalue weighted by Crippen LogP contribution is 2.39. The number of aromatic nitrogens is 2. The van der Waals surface area contributed by atoms with Crippen LogP contribution in [0, 0.1) is 0 Å². The molecule has 2 heterocycles. The van der Waals surface area contributed by atoms with Gasteiger partial charge in [0, 0.05) is 35.0 Å². The third-order valence-electron chi connectivity index (χ3n) is 5.72. The summed E-state index contributed by atoms with van der Waals surface area (Å²) in [5.41, 5.74) is 1.52. The van der Waals surface area contributed by atoms with Crippen LogP contribution in [-0.4, -0.2) is 38.1 Å². The predicted molar refractivity (Wildman–Crippen MR) is 111 cm³/mol. The Kier molecular flexibility index (Phi) is 6.44. The monoisotopic (exact) mass is 454 g/mol. The summed E-state index contributed by atoms with van der Waals surface area (Å²) >= 11 is -2.78. The van der Waals surface area contributed by atoms with Gasteiger partial charge in [-0.2, -0.15) is 13.2 Å². The van der Waals surface area contributed by atoms with Gasteiger partial charge < -0.3 is 19.9 Å². The molecule has 0 radical (unpaired) electrons. The van der Waals surface area contributed by atoms with Crippen LogP contribution in [-0.2, 0) is 30.3 Å². The van der Waals surface area contributed by atoms with Gasteiger partial charge in [0.05, 0.1) is 16.9 Å². The molecule has 2 aromatic rings. The molecule has 0 saturated carbocycles. The largest absolute Gasteiger partial charge is 0.755 e. The third-order valence-corrected chi connectivity index (χ3v) is 6.11. The van der Waals surface area contributed by atoms with E-state index in [9.17, 15) is 21.9 Å². The molecule has 1 aromatic carbocycles. The van der Waals surface area contributed by atoms with E-state index in [1.807, 2.05) is 0 Å². The van der Waals surface area contributed by atoms with Crippen LogP contribution in [0.3, 0.4) is 0 Å². The zero-order valence-electron chi connectivity index (χ0n) is 16.7. The van der Waals surface area contributed by atoms with Crippen molar-refractivity contribution in [2.45, 2.75) is 50.7 Å². The van der Waals surface area contributed by atoms with Crippen molar-refractivity contribution in [3.63, 3.8) is 0 Å². The molecule has 168 valence electrons. The Morgan fingerprint density at radius 1 is 1.13 bits per heavy atom. The van der Waals surface area contributed by atoms with Gasteiger partial charge in [0.1, 0.15) is 0 Å². The highest BCUT2D eigenvalue weighted by atomic mass is 32.2. The molecule has 2 unspecified atom stereocenters. The van der Waals surface area contributed by atoms with Gasteiger partial charge in [0.2, 0.25) is 0 Å². The molecule has 1 saturated heterocycles. The van der Waals surface area contributed by atoms with E-state index in [4.69, 9.17) is 0 Å². The molecule has 11 heteroatoms. The lowest BCUT2D eigenvalue weighted by Crippen LogP contribution is -2.39. The van der Waals surface area contributed by atoms with E-state index < -0.39 is 23.0 Å². The predicted octanol–water partition coefficient (Wildman–Crippen LogP) is 3.41. The van der Waals surface area contributed by atoms with Gasteiger partial charge in [-0.1, -0.05) is 6.07 Å². The molecule has 4 rings (SSSR count). The van der Waals surface area contributed by atoms with Crippen LogP contribution in [0.5, 0.6) is 0 Å². The van der Waals surface area contributed by atoms with E-state index in [2.05, 4.69) is 25.6 Å². The second-order valence-electron chi connectivity index (χ2n) is 7.84. The van der Waals surface area contributed by atoms with E-state index in [0.29, 0.717) is 17.9 Å². The van der Waals surface area contributed by atoms with Gasteiger partial charge in [-0.3, -0.25) is 4.21 Å². The van der Waals surface area contributed by atoms with Crippen LogP contribution in [0.15, 0.2) is 18.2 Å². The second kappa shape index (κ2) is 9.09. The Hall–Kier alpha value is -2.24. The van der Waals surface area contributed by atoms with Crippen LogP contribution in [0.2, 0.25) is 0 Å². The smallest absolute Gasteiger partial charge is 0.416 e. The molecule has 1 aliphatic carbocycles. The van der Waals surface area contributed by atoms with Crippen molar-refractivity contribution in [1.29, 1.82) is 0 Å². The van der Waals surface area contributed by atoms with Gasteiger partial charge >= 0.3 is 6.18 Å². The number of hydrogen-bond donors (Lipinski definition) is 3. The van der Waals surface area contributed by atoms with Crippen molar-refractivity contribution in [3.8, 4) is 11.3 Å². The normalized spacial score (nSPS) is 20.1. The summed E-state index contributed by atoms with van der Waals surface area (Å²) in [7, 11) is 0. The number of halogens is 3. The van der Waals surface area contributed by atoms with Crippen LogP contribution < -0.4 is 15.4 Å². The summed E-state index contributed by atoms with van der Waals surface area (Å²) in [5.74, 6) is 0.709. The van der Waals surface area contributed by atoms with Gasteiger partial charge in [-0.05, 0) is 62.8 Å². The van der Waals surface area contributed by atoms with Crippen LogP contribution in [0.1, 0.15) is 42.4 Å². The molecule has 0 bridgehead atoms. The lowest BCUT2D eigenvalue weighted by Gasteiger charge is -2.28. The Morgan fingerprint density at radius 3 is 2.58 bits per heavy atom. The highest BCUT2D eigenvalue weighted by molar-refractivity contribution is 7.80. The molecule has 31 heavy (non-hydrogen) atoms. The number of benzene rings is 1. The topological polar surface area (TPSA) is 102 Å². The molecule has 0 spiro atoms. The maximum Gasteiger partial charge on any atom is 0.416 e. The molecule has 0 amide bonds. The fourth-order valence-electron chi connectivity index (χ4n) is 4.25. The number of piperidine rings is 1. The maximum absolute atomic E-state index is 13.2. The van der Waals surface area contributed by atoms with Gasteiger partial charge in [-0.15, -0.1) is 10.2 Å². The zero-order chi connectivity index (χ0) is 22.0. The molecule has 2 aliphatic rings. The van der Waals surface area contributed by atoms with Crippen LogP contribution in [0.25, 0.3) is 11.3 Å². The number of nitrogens with one attached hydrogen (secondary N) is 3. The van der Waals surface area contributed by atoms with Crippen molar-refractivity contribution in [2.24, 2.45) is 0 Å². The van der Waals surface area contributed by atoms with Gasteiger partial charge in [-0.25, -0.2) is 0 Å². The number of nitrogens with zero attached hydrogens (tertiary/aromatic N) is 2. The number of anilines is 2. The van der Waals surface area contributed by atoms with Crippen molar-refractivity contribution < 1.29 is 21.9 Å². The Labute approximate surface area is 180 Å². The van der Waals surface area contributed by atoms with E-state index in [0.717, 1.165) is 68.5 Å². The van der Waals surface area contributed by atoms with E-state index in [-0.39, 0.29) is 17.3 Å². The first-order valence-corrected chi connectivity index (χ1v) is 11.3. The highest BCUT2D eigenvalue weighted by Gasteiger charge is 2.32. The van der Waals surface area contributed by atoms with Crippen molar-refractivity contribution in [2.75, 3.05) is 23.1 Å². The summed E-state index contributed by atoms with van der Waals surface area (Å²) in [4.78, 5) is 0. The van der Waals surface area contributed by atoms with E-state index in [1.165, 1.54) is 6.07 Å². The van der Waals surface area contributed by atoms with E-state index >= 15 is 0 Å². The minimum Gasteiger partial charge on any atom is -0.755 e. The summed E-state index contributed by atoms with van der Waals surface area (Å²) in [5, 5.41) is 15.5. The average molecular weight is 454 g/mol. The average Bonchev–Trinajstić information content (AvgIpc) is 2.74. The molecular formula is C20H23F3N5O2S-. The summed E-state index contributed by atoms with van der Waals surface area (Å²) in [6.45, 7) is 1.83.